The lowest BCUT2D eigenvalue weighted by Gasteiger charge is -2.35. The van der Waals surface area contributed by atoms with Crippen molar-refractivity contribution in [1.82, 2.24) is 4.90 Å². The highest BCUT2D eigenvalue weighted by molar-refractivity contribution is 9.09. The summed E-state index contributed by atoms with van der Waals surface area (Å²) in [6.45, 7) is 0.0583. The van der Waals surface area contributed by atoms with Crippen molar-refractivity contribution in [3.05, 3.63) is 35.4 Å². The summed E-state index contributed by atoms with van der Waals surface area (Å²) in [7, 11) is 0. The Morgan fingerprint density at radius 3 is 2.53 bits per heavy atom. The number of hydrogen-bond acceptors (Lipinski definition) is 2. The number of ketones is 1. The van der Waals surface area contributed by atoms with Gasteiger partial charge in [-0.2, -0.15) is 8.78 Å². The van der Waals surface area contributed by atoms with E-state index >= 15 is 0 Å². The molecule has 0 radical (unpaired) electrons. The molecular weight excluding hydrogens is 320 g/mol. The van der Waals surface area contributed by atoms with Crippen LogP contribution in [0, 0.1) is 0 Å². The number of carbonyl (C=O) groups is 2. The summed E-state index contributed by atoms with van der Waals surface area (Å²) in [5.41, 5.74) is 1.75. The first-order valence-corrected chi connectivity index (χ1v) is 6.91. The first kappa shape index (κ1) is 14.1. The Morgan fingerprint density at radius 1 is 1.32 bits per heavy atom. The largest absolute Gasteiger partial charge is 0.323 e. The zero-order valence-electron chi connectivity index (χ0n) is 9.98. The Kier molecular flexibility index (Phi) is 4.29. The van der Waals surface area contributed by atoms with E-state index in [9.17, 15) is 18.4 Å². The Bertz CT molecular complexity index is 507. The molecule has 0 saturated carbocycles. The summed E-state index contributed by atoms with van der Waals surface area (Å²) >= 11 is 3.03. The molecule has 0 aromatic heterocycles. The summed E-state index contributed by atoms with van der Waals surface area (Å²) in [5.74, 6) is -1.54. The van der Waals surface area contributed by atoms with Crippen LogP contribution in [0.1, 0.15) is 11.1 Å². The summed E-state index contributed by atoms with van der Waals surface area (Å²) in [5, 5.41) is 0.0485. The van der Waals surface area contributed by atoms with Crippen LogP contribution >= 0.6 is 15.9 Å². The highest BCUT2D eigenvalue weighted by atomic mass is 79.9. The van der Waals surface area contributed by atoms with Crippen LogP contribution in [0.3, 0.4) is 0 Å². The number of hydrogen-bond donors (Lipinski definition) is 0. The Morgan fingerprint density at radius 2 is 1.95 bits per heavy atom. The van der Waals surface area contributed by atoms with Gasteiger partial charge in [-0.1, -0.05) is 40.2 Å². The molecule has 6 heteroatoms. The Hall–Kier alpha value is -1.30. The van der Waals surface area contributed by atoms with Gasteiger partial charge in [-0.05, 0) is 11.1 Å². The summed E-state index contributed by atoms with van der Waals surface area (Å²) in [6, 6.07) is 6.45. The first-order chi connectivity index (χ1) is 9.04. The number of rotatable bonds is 3. The number of halogens is 3. The number of Topliss-reactive ketones (excluding diaryl/α,β-unsaturated/α-hetero) is 1. The molecule has 1 aliphatic heterocycles. The Labute approximate surface area is 117 Å². The summed E-state index contributed by atoms with van der Waals surface area (Å²) in [4.78, 5) is 24.4. The first-order valence-electron chi connectivity index (χ1n) is 5.78. The fourth-order valence-electron chi connectivity index (χ4n) is 2.26. The molecule has 3 nitrogen and oxygen atoms in total. The highest BCUT2D eigenvalue weighted by Gasteiger charge is 2.36. The maximum absolute atomic E-state index is 12.6. The maximum Gasteiger partial charge on any atom is 0.315 e. The third kappa shape index (κ3) is 2.83. The number of alkyl halides is 3. The number of benzene rings is 1. The Balaban J connectivity index is 2.34. The molecule has 0 fully saturated rings. The highest BCUT2D eigenvalue weighted by Crippen LogP contribution is 2.25. The third-order valence-corrected chi connectivity index (χ3v) is 3.77. The van der Waals surface area contributed by atoms with Crippen molar-refractivity contribution in [2.45, 2.75) is 25.4 Å². The normalized spacial score (nSPS) is 18.3. The molecule has 0 spiro atoms. The molecule has 19 heavy (non-hydrogen) atoms. The molecule has 0 N–H and O–H groups in total. The molecule has 0 bridgehead atoms. The predicted molar refractivity (Wildman–Crippen MR) is 69.3 cm³/mol. The van der Waals surface area contributed by atoms with Crippen LogP contribution in [0.15, 0.2) is 24.3 Å². The van der Waals surface area contributed by atoms with Crippen molar-refractivity contribution in [2.24, 2.45) is 0 Å². The molecule has 1 unspecified atom stereocenters. The van der Waals surface area contributed by atoms with Crippen LogP contribution in [0.4, 0.5) is 8.78 Å². The third-order valence-electron chi connectivity index (χ3n) is 3.22. The second kappa shape index (κ2) is 5.77. The average molecular weight is 332 g/mol. The number of fused-ring (bicyclic) bond motifs is 1. The standard InChI is InChI=1S/C13H12BrF2NO2/c14-6-11(18)10-5-8-3-1-2-4-9(8)7-17(10)13(19)12(15)16/h1-4,10,12H,5-7H2. The van der Waals surface area contributed by atoms with Gasteiger partial charge >= 0.3 is 6.43 Å². The van der Waals surface area contributed by atoms with Crippen LogP contribution in [-0.4, -0.2) is 34.4 Å². The van der Waals surface area contributed by atoms with Crippen molar-refractivity contribution in [1.29, 1.82) is 0 Å². The molecule has 1 atom stereocenters. The van der Waals surface area contributed by atoms with E-state index < -0.39 is 18.4 Å². The van der Waals surface area contributed by atoms with Gasteiger partial charge in [0.15, 0.2) is 5.78 Å². The van der Waals surface area contributed by atoms with Crippen molar-refractivity contribution in [3.8, 4) is 0 Å². The fraction of sp³-hybridized carbons (Fsp3) is 0.385. The lowest BCUT2D eigenvalue weighted by atomic mass is 9.92. The molecule has 1 aromatic rings. The molecule has 102 valence electrons. The number of nitrogens with zero attached hydrogens (tertiary/aromatic N) is 1. The summed E-state index contributed by atoms with van der Waals surface area (Å²) in [6.07, 6.45) is -2.80. The molecule has 1 aliphatic rings. The van der Waals surface area contributed by atoms with Gasteiger partial charge in [-0.25, -0.2) is 0 Å². The minimum absolute atomic E-state index is 0.0485. The average Bonchev–Trinajstić information content (AvgIpc) is 2.44. The van der Waals surface area contributed by atoms with E-state index in [2.05, 4.69) is 15.9 Å². The van der Waals surface area contributed by atoms with Gasteiger partial charge in [0.05, 0.1) is 11.4 Å². The monoisotopic (exact) mass is 331 g/mol. The van der Waals surface area contributed by atoms with Gasteiger partial charge in [0, 0.05) is 13.0 Å². The van der Waals surface area contributed by atoms with Gasteiger partial charge in [0.25, 0.3) is 5.91 Å². The van der Waals surface area contributed by atoms with Gasteiger partial charge in [-0.3, -0.25) is 9.59 Å². The molecule has 2 rings (SSSR count). The topological polar surface area (TPSA) is 37.4 Å². The van der Waals surface area contributed by atoms with Crippen LogP contribution in [0.5, 0.6) is 0 Å². The van der Waals surface area contributed by atoms with Gasteiger partial charge in [0.2, 0.25) is 0 Å². The van der Waals surface area contributed by atoms with E-state index in [1.165, 1.54) is 0 Å². The number of amides is 1. The minimum atomic E-state index is -3.09. The summed E-state index contributed by atoms with van der Waals surface area (Å²) < 4.78 is 25.2. The molecule has 1 heterocycles. The number of carbonyl (C=O) groups excluding carboxylic acids is 2. The van der Waals surface area contributed by atoms with E-state index in [1.807, 2.05) is 12.1 Å². The fourth-order valence-corrected chi connectivity index (χ4v) is 2.63. The lowest BCUT2D eigenvalue weighted by molar-refractivity contribution is -0.149. The van der Waals surface area contributed by atoms with E-state index in [-0.39, 0.29) is 17.7 Å². The van der Waals surface area contributed by atoms with Crippen LogP contribution in [-0.2, 0) is 22.6 Å². The van der Waals surface area contributed by atoms with E-state index in [1.54, 1.807) is 12.1 Å². The van der Waals surface area contributed by atoms with E-state index in [0.717, 1.165) is 16.0 Å². The van der Waals surface area contributed by atoms with Gasteiger partial charge in [0.1, 0.15) is 0 Å². The molecular formula is C13H12BrF2NO2. The SMILES string of the molecule is O=C(CBr)C1Cc2ccccc2CN1C(=O)C(F)F. The van der Waals surface area contributed by atoms with Crippen molar-refractivity contribution < 1.29 is 18.4 Å². The smallest absolute Gasteiger partial charge is 0.315 e. The molecule has 0 aliphatic carbocycles. The molecule has 1 amide bonds. The second-order valence-electron chi connectivity index (χ2n) is 4.36. The van der Waals surface area contributed by atoms with Crippen LogP contribution in [0.2, 0.25) is 0 Å². The van der Waals surface area contributed by atoms with E-state index in [4.69, 9.17) is 0 Å². The van der Waals surface area contributed by atoms with E-state index in [0.29, 0.717) is 6.42 Å². The quantitative estimate of drug-likeness (QED) is 0.796. The maximum atomic E-state index is 12.6. The van der Waals surface area contributed by atoms with Gasteiger partial charge < -0.3 is 4.90 Å². The van der Waals surface area contributed by atoms with Crippen molar-refractivity contribution in [2.75, 3.05) is 5.33 Å². The molecule has 0 saturated heterocycles. The lowest BCUT2D eigenvalue weighted by Crippen LogP contribution is -2.51. The second-order valence-corrected chi connectivity index (χ2v) is 4.92. The molecule has 1 aromatic carbocycles. The van der Waals surface area contributed by atoms with Crippen LogP contribution in [0.25, 0.3) is 0 Å². The zero-order chi connectivity index (χ0) is 14.0. The van der Waals surface area contributed by atoms with Crippen molar-refractivity contribution >= 4 is 27.6 Å². The zero-order valence-corrected chi connectivity index (χ0v) is 11.6. The van der Waals surface area contributed by atoms with Crippen molar-refractivity contribution in [3.63, 3.8) is 0 Å². The van der Waals surface area contributed by atoms with Crippen LogP contribution < -0.4 is 0 Å². The predicted octanol–water partition coefficient (Wildman–Crippen LogP) is 2.17. The minimum Gasteiger partial charge on any atom is -0.323 e. The van der Waals surface area contributed by atoms with Gasteiger partial charge in [-0.15, -0.1) is 0 Å².